The fourth-order valence-electron chi connectivity index (χ4n) is 2.95. The molecular weight excluding hydrogens is 292 g/mol. The lowest BCUT2D eigenvalue weighted by Gasteiger charge is -2.36. The average Bonchev–Trinajstić information content (AvgIpc) is 2.47. The van der Waals surface area contributed by atoms with Gasteiger partial charge in [-0.3, -0.25) is 9.59 Å². The highest BCUT2D eigenvalue weighted by atomic mass is 16.5. The number of carbonyl (C=O) groups is 2. The second kappa shape index (κ2) is 6.99. The Morgan fingerprint density at radius 3 is 2.83 bits per heavy atom. The topological polar surface area (TPSA) is 52.6 Å². The van der Waals surface area contributed by atoms with Crippen LogP contribution < -0.4 is 9.47 Å². The third-order valence-electron chi connectivity index (χ3n) is 4.03. The van der Waals surface area contributed by atoms with E-state index in [-0.39, 0.29) is 11.8 Å². The van der Waals surface area contributed by atoms with E-state index in [1.807, 2.05) is 19.9 Å². The standard InChI is InChI=1S/C19H24O4/c1-5-7-11-19(4)12-16(21)14-9-10-17(22-13(3)20)15(8-6-2)18(14)23-19/h5,9-10H,1,6-8,11-12H2,2-4H3. The molecule has 0 N–H and O–H groups in total. The molecule has 1 aromatic rings. The first-order valence-corrected chi connectivity index (χ1v) is 8.07. The summed E-state index contributed by atoms with van der Waals surface area (Å²) >= 11 is 0. The van der Waals surface area contributed by atoms with Crippen LogP contribution in [0.15, 0.2) is 24.8 Å². The van der Waals surface area contributed by atoms with Crippen molar-refractivity contribution in [3.8, 4) is 11.5 Å². The van der Waals surface area contributed by atoms with E-state index >= 15 is 0 Å². The van der Waals surface area contributed by atoms with Crippen molar-refractivity contribution < 1.29 is 19.1 Å². The molecule has 0 bridgehead atoms. The maximum absolute atomic E-state index is 12.5. The van der Waals surface area contributed by atoms with Gasteiger partial charge in [0.1, 0.15) is 17.1 Å². The lowest BCUT2D eigenvalue weighted by atomic mass is 9.86. The number of Topliss-reactive ketones (excluding diaryl/α,β-unsaturated/α-hetero) is 1. The van der Waals surface area contributed by atoms with E-state index in [0.717, 1.165) is 24.8 Å². The van der Waals surface area contributed by atoms with Crippen molar-refractivity contribution in [2.24, 2.45) is 0 Å². The Morgan fingerprint density at radius 2 is 2.22 bits per heavy atom. The zero-order valence-corrected chi connectivity index (χ0v) is 14.1. The summed E-state index contributed by atoms with van der Waals surface area (Å²) in [6.45, 7) is 9.10. The maximum Gasteiger partial charge on any atom is 0.308 e. The van der Waals surface area contributed by atoms with Gasteiger partial charge in [-0.15, -0.1) is 6.58 Å². The lowest BCUT2D eigenvalue weighted by Crippen LogP contribution is -2.39. The van der Waals surface area contributed by atoms with Gasteiger partial charge in [-0.05, 0) is 38.3 Å². The Balaban J connectivity index is 2.48. The highest BCUT2D eigenvalue weighted by Crippen LogP contribution is 2.42. The Hall–Kier alpha value is -2.10. The lowest BCUT2D eigenvalue weighted by molar-refractivity contribution is -0.131. The molecule has 1 aromatic carbocycles. The van der Waals surface area contributed by atoms with Crippen LogP contribution in [0.1, 0.15) is 62.4 Å². The molecule has 1 aliphatic heterocycles. The van der Waals surface area contributed by atoms with Gasteiger partial charge in [-0.1, -0.05) is 19.4 Å². The molecule has 1 atom stereocenters. The second-order valence-electron chi connectivity index (χ2n) is 6.24. The molecule has 1 heterocycles. The van der Waals surface area contributed by atoms with Crippen LogP contribution in [0.25, 0.3) is 0 Å². The molecule has 0 radical (unpaired) electrons. The van der Waals surface area contributed by atoms with Crippen LogP contribution in [-0.2, 0) is 11.2 Å². The molecule has 0 saturated heterocycles. The van der Waals surface area contributed by atoms with Gasteiger partial charge in [-0.25, -0.2) is 0 Å². The Labute approximate surface area is 137 Å². The quantitative estimate of drug-likeness (QED) is 0.447. The zero-order valence-electron chi connectivity index (χ0n) is 14.1. The van der Waals surface area contributed by atoms with Crippen LogP contribution in [0.5, 0.6) is 11.5 Å². The zero-order chi connectivity index (χ0) is 17.0. The number of ketones is 1. The van der Waals surface area contributed by atoms with Crippen molar-refractivity contribution in [3.63, 3.8) is 0 Å². The molecule has 2 rings (SSSR count). The first-order valence-electron chi connectivity index (χ1n) is 8.07. The smallest absolute Gasteiger partial charge is 0.308 e. The summed E-state index contributed by atoms with van der Waals surface area (Å²) in [5, 5.41) is 0. The molecule has 23 heavy (non-hydrogen) atoms. The number of hydrogen-bond donors (Lipinski definition) is 0. The van der Waals surface area contributed by atoms with E-state index in [4.69, 9.17) is 9.47 Å². The van der Waals surface area contributed by atoms with Crippen molar-refractivity contribution >= 4 is 11.8 Å². The molecule has 0 fully saturated rings. The number of allylic oxidation sites excluding steroid dienone is 1. The summed E-state index contributed by atoms with van der Waals surface area (Å²) < 4.78 is 11.5. The number of fused-ring (bicyclic) bond motifs is 1. The largest absolute Gasteiger partial charge is 0.486 e. The third kappa shape index (κ3) is 3.81. The first kappa shape index (κ1) is 17.3. The predicted octanol–water partition coefficient (Wildman–Crippen LogP) is 4.25. The van der Waals surface area contributed by atoms with Crippen LogP contribution in [0, 0.1) is 0 Å². The van der Waals surface area contributed by atoms with Gasteiger partial charge in [0.25, 0.3) is 0 Å². The summed E-state index contributed by atoms with van der Waals surface area (Å²) in [5.41, 5.74) is 0.841. The SMILES string of the molecule is C=CCCC1(C)CC(=O)c2ccc(OC(C)=O)c(CCC)c2O1. The highest BCUT2D eigenvalue weighted by Gasteiger charge is 2.37. The summed E-state index contributed by atoms with van der Waals surface area (Å²) in [5.74, 6) is 0.760. The van der Waals surface area contributed by atoms with E-state index in [2.05, 4.69) is 6.58 Å². The predicted molar refractivity (Wildman–Crippen MR) is 89.2 cm³/mol. The fourth-order valence-corrected chi connectivity index (χ4v) is 2.95. The Bertz CT molecular complexity index is 633. The van der Waals surface area contributed by atoms with E-state index in [1.165, 1.54) is 6.92 Å². The monoisotopic (exact) mass is 316 g/mol. The van der Waals surface area contributed by atoms with Crippen LogP contribution in [0.2, 0.25) is 0 Å². The van der Waals surface area contributed by atoms with Gasteiger partial charge in [0, 0.05) is 12.5 Å². The number of carbonyl (C=O) groups excluding carboxylic acids is 2. The van der Waals surface area contributed by atoms with Gasteiger partial charge >= 0.3 is 5.97 Å². The molecule has 0 saturated carbocycles. The van der Waals surface area contributed by atoms with Gasteiger partial charge in [0.2, 0.25) is 0 Å². The van der Waals surface area contributed by atoms with Gasteiger partial charge < -0.3 is 9.47 Å². The van der Waals surface area contributed by atoms with E-state index in [0.29, 0.717) is 29.9 Å². The van der Waals surface area contributed by atoms with Crippen LogP contribution in [0.4, 0.5) is 0 Å². The van der Waals surface area contributed by atoms with Gasteiger partial charge in [0.15, 0.2) is 5.78 Å². The Kier molecular flexibility index (Phi) is 5.24. The minimum atomic E-state index is -0.546. The highest BCUT2D eigenvalue weighted by molar-refractivity contribution is 6.01. The molecule has 0 aromatic heterocycles. The third-order valence-corrected chi connectivity index (χ3v) is 4.03. The molecule has 4 heteroatoms. The Morgan fingerprint density at radius 1 is 1.48 bits per heavy atom. The first-order chi connectivity index (χ1) is 10.9. The van der Waals surface area contributed by atoms with E-state index in [1.54, 1.807) is 12.1 Å². The van der Waals surface area contributed by atoms with Crippen molar-refractivity contribution in [3.05, 3.63) is 35.9 Å². The normalized spacial score (nSPS) is 19.7. The van der Waals surface area contributed by atoms with Crippen LogP contribution in [0.3, 0.4) is 0 Å². The number of hydrogen-bond acceptors (Lipinski definition) is 4. The van der Waals surface area contributed by atoms with E-state index in [9.17, 15) is 9.59 Å². The molecule has 124 valence electrons. The number of benzene rings is 1. The molecule has 4 nitrogen and oxygen atoms in total. The number of ether oxygens (including phenoxy) is 2. The average molecular weight is 316 g/mol. The maximum atomic E-state index is 12.5. The van der Waals surface area contributed by atoms with E-state index < -0.39 is 5.60 Å². The summed E-state index contributed by atoms with van der Waals surface area (Å²) in [7, 11) is 0. The van der Waals surface area contributed by atoms with Crippen molar-refractivity contribution in [1.29, 1.82) is 0 Å². The van der Waals surface area contributed by atoms with Crippen molar-refractivity contribution in [1.82, 2.24) is 0 Å². The molecule has 1 aliphatic rings. The van der Waals surface area contributed by atoms with Gasteiger partial charge in [0.05, 0.1) is 12.0 Å². The minimum absolute atomic E-state index is 0.0736. The van der Waals surface area contributed by atoms with Crippen molar-refractivity contribution in [2.45, 2.75) is 58.5 Å². The number of rotatable bonds is 6. The molecule has 1 unspecified atom stereocenters. The summed E-state index contributed by atoms with van der Waals surface area (Å²) in [6, 6.07) is 3.39. The molecule has 0 aliphatic carbocycles. The molecule has 0 amide bonds. The minimum Gasteiger partial charge on any atom is -0.486 e. The summed E-state index contributed by atoms with van der Waals surface area (Å²) in [6.07, 6.45) is 5.25. The molecular formula is C19H24O4. The molecule has 0 spiro atoms. The number of esters is 1. The summed E-state index contributed by atoms with van der Waals surface area (Å²) in [4.78, 5) is 23.9. The van der Waals surface area contributed by atoms with Crippen LogP contribution in [-0.4, -0.2) is 17.4 Å². The fraction of sp³-hybridized carbons (Fsp3) is 0.474. The van der Waals surface area contributed by atoms with Gasteiger partial charge in [-0.2, -0.15) is 0 Å². The van der Waals surface area contributed by atoms with Crippen LogP contribution >= 0.6 is 0 Å². The van der Waals surface area contributed by atoms with Crippen molar-refractivity contribution in [2.75, 3.05) is 0 Å². The second-order valence-corrected chi connectivity index (χ2v) is 6.24.